The monoisotopic (exact) mass is 688 g/mol. The molecule has 0 aliphatic rings. The van der Waals surface area contributed by atoms with E-state index >= 15 is 0 Å². The largest absolute Gasteiger partial charge is 0.311 e. The van der Waals surface area contributed by atoms with Crippen molar-refractivity contribution in [3.63, 3.8) is 0 Å². The van der Waals surface area contributed by atoms with Crippen molar-refractivity contribution in [2.24, 2.45) is 0 Å². The number of carbonyl (C=O) groups excluding carboxylic acids is 4. The van der Waals surface area contributed by atoms with Crippen LogP contribution in [0.1, 0.15) is 41.4 Å². The molecule has 4 amide bonds. The molecule has 0 spiro atoms. The number of carbonyl (C=O) groups is 4. The number of para-hydroxylation sites is 4. The van der Waals surface area contributed by atoms with Crippen molar-refractivity contribution in [3.8, 4) is 0 Å². The van der Waals surface area contributed by atoms with Crippen molar-refractivity contribution < 1.29 is 19.2 Å². The lowest BCUT2D eigenvalue weighted by Gasteiger charge is -2.26. The molecule has 0 aliphatic heterocycles. The standard InChI is InChI=1S/2C22H20N2O2/c1-23(21(25)17-11-5-3-6-12-17)19-15-9-10-16-20(19)24(2)22(26)18-13-7-4-8-14-18;1-23(19-9-5-3-6-10-19)21(25)17-13-15-18(16-14-17)22(26)24(2)20-11-7-4-8-12-20/h2*3-16H,1-2H3. The third kappa shape index (κ3) is 8.67. The summed E-state index contributed by atoms with van der Waals surface area (Å²) in [6.45, 7) is 0. The van der Waals surface area contributed by atoms with E-state index in [4.69, 9.17) is 0 Å². The van der Waals surface area contributed by atoms with E-state index in [2.05, 4.69) is 0 Å². The first-order chi connectivity index (χ1) is 25.2. The number of rotatable bonds is 8. The van der Waals surface area contributed by atoms with Gasteiger partial charge in [0.1, 0.15) is 0 Å². The molecule has 0 radical (unpaired) electrons. The molecule has 0 atom stereocenters. The van der Waals surface area contributed by atoms with E-state index in [1.165, 1.54) is 0 Å². The molecule has 6 aromatic carbocycles. The van der Waals surface area contributed by atoms with E-state index < -0.39 is 0 Å². The van der Waals surface area contributed by atoms with E-state index in [1.54, 1.807) is 96.3 Å². The second-order valence-corrected chi connectivity index (χ2v) is 11.9. The predicted octanol–water partition coefficient (Wildman–Crippen LogP) is 8.48. The van der Waals surface area contributed by atoms with Gasteiger partial charge in [-0.1, -0.05) is 84.9 Å². The fourth-order valence-electron chi connectivity index (χ4n) is 5.48. The summed E-state index contributed by atoms with van der Waals surface area (Å²) >= 11 is 0. The molecule has 0 fully saturated rings. The molecule has 8 heteroatoms. The minimum atomic E-state index is -0.126. The normalized spacial score (nSPS) is 10.2. The van der Waals surface area contributed by atoms with Crippen molar-refractivity contribution in [1.29, 1.82) is 0 Å². The zero-order valence-corrected chi connectivity index (χ0v) is 29.6. The Balaban J connectivity index is 0.000000201. The number of nitrogens with zero attached hydrogens (tertiary/aromatic N) is 4. The Labute approximate surface area is 304 Å². The van der Waals surface area contributed by atoms with Crippen LogP contribution in [0.15, 0.2) is 170 Å². The highest BCUT2D eigenvalue weighted by molar-refractivity contribution is 6.12. The lowest BCUT2D eigenvalue weighted by atomic mass is 10.1. The number of anilines is 4. The van der Waals surface area contributed by atoms with Gasteiger partial charge in [-0.05, 0) is 84.9 Å². The Morgan fingerprint density at radius 3 is 0.827 bits per heavy atom. The Hall–Kier alpha value is -6.80. The van der Waals surface area contributed by atoms with Crippen LogP contribution in [0, 0.1) is 0 Å². The van der Waals surface area contributed by atoms with Gasteiger partial charge in [0, 0.05) is 61.8 Å². The van der Waals surface area contributed by atoms with Crippen LogP contribution in [-0.4, -0.2) is 51.8 Å². The summed E-state index contributed by atoms with van der Waals surface area (Å²) < 4.78 is 0. The first kappa shape index (κ1) is 36.5. The zero-order valence-electron chi connectivity index (χ0n) is 29.6. The lowest BCUT2D eigenvalue weighted by molar-refractivity contribution is 0.0981. The van der Waals surface area contributed by atoms with Crippen molar-refractivity contribution in [3.05, 3.63) is 192 Å². The molecule has 0 aromatic heterocycles. The molecule has 52 heavy (non-hydrogen) atoms. The maximum absolute atomic E-state index is 12.8. The van der Waals surface area contributed by atoms with Gasteiger partial charge >= 0.3 is 0 Å². The van der Waals surface area contributed by atoms with Crippen LogP contribution in [0.4, 0.5) is 22.7 Å². The fourth-order valence-corrected chi connectivity index (χ4v) is 5.48. The van der Waals surface area contributed by atoms with Crippen molar-refractivity contribution in [1.82, 2.24) is 0 Å². The second kappa shape index (κ2) is 17.2. The van der Waals surface area contributed by atoms with Crippen LogP contribution in [0.2, 0.25) is 0 Å². The summed E-state index contributed by atoms with van der Waals surface area (Å²) in [5.74, 6) is -0.490. The Kier molecular flexibility index (Phi) is 12.1. The third-order valence-electron chi connectivity index (χ3n) is 8.53. The van der Waals surface area contributed by atoms with Crippen molar-refractivity contribution in [2.45, 2.75) is 0 Å². The highest BCUT2D eigenvalue weighted by Crippen LogP contribution is 2.30. The molecule has 6 aromatic rings. The molecule has 8 nitrogen and oxygen atoms in total. The summed E-state index contributed by atoms with van der Waals surface area (Å²) in [5, 5.41) is 0. The number of hydrogen-bond acceptors (Lipinski definition) is 4. The van der Waals surface area contributed by atoms with Crippen LogP contribution in [-0.2, 0) is 0 Å². The first-order valence-corrected chi connectivity index (χ1v) is 16.7. The summed E-state index contributed by atoms with van der Waals surface area (Å²) in [5.41, 5.74) is 5.26. The van der Waals surface area contributed by atoms with Gasteiger partial charge in [-0.3, -0.25) is 19.2 Å². The van der Waals surface area contributed by atoms with Gasteiger partial charge in [0.05, 0.1) is 11.4 Å². The first-order valence-electron chi connectivity index (χ1n) is 16.7. The SMILES string of the molecule is CN(C(=O)c1ccc(C(=O)N(C)c2ccccc2)cc1)c1ccccc1.CN(C(=O)c1ccccc1)c1ccccc1N(C)C(=O)c1ccccc1. The van der Waals surface area contributed by atoms with E-state index in [0.29, 0.717) is 33.6 Å². The molecule has 0 bridgehead atoms. The van der Waals surface area contributed by atoms with E-state index in [9.17, 15) is 19.2 Å². The molecule has 0 N–H and O–H groups in total. The van der Waals surface area contributed by atoms with Crippen LogP contribution >= 0.6 is 0 Å². The molecular formula is C44H40N4O4. The minimum absolute atomic E-state index is 0.119. The van der Waals surface area contributed by atoms with Crippen LogP contribution in [0.3, 0.4) is 0 Å². The Bertz CT molecular complexity index is 1950. The molecule has 0 unspecified atom stereocenters. The maximum Gasteiger partial charge on any atom is 0.258 e. The van der Waals surface area contributed by atoms with Gasteiger partial charge in [-0.2, -0.15) is 0 Å². The summed E-state index contributed by atoms with van der Waals surface area (Å²) in [7, 11) is 6.91. The van der Waals surface area contributed by atoms with Crippen molar-refractivity contribution in [2.75, 3.05) is 47.8 Å². The van der Waals surface area contributed by atoms with Gasteiger partial charge in [0.15, 0.2) is 0 Å². The van der Waals surface area contributed by atoms with Gasteiger partial charge in [0.2, 0.25) is 0 Å². The van der Waals surface area contributed by atoms with Crippen LogP contribution in [0.5, 0.6) is 0 Å². The molecular weight excluding hydrogens is 649 g/mol. The molecule has 0 saturated heterocycles. The maximum atomic E-state index is 12.8. The van der Waals surface area contributed by atoms with E-state index in [-0.39, 0.29) is 23.6 Å². The van der Waals surface area contributed by atoms with Gasteiger partial charge in [-0.25, -0.2) is 0 Å². The summed E-state index contributed by atoms with van der Waals surface area (Å²) in [6, 6.07) is 51.2. The third-order valence-corrected chi connectivity index (χ3v) is 8.53. The van der Waals surface area contributed by atoms with Crippen LogP contribution < -0.4 is 19.6 Å². The fraction of sp³-hybridized carbons (Fsp3) is 0.0909. The average molecular weight is 689 g/mol. The quantitative estimate of drug-likeness (QED) is 0.161. The number of amides is 4. The van der Waals surface area contributed by atoms with E-state index in [1.807, 2.05) is 121 Å². The molecule has 260 valence electrons. The molecule has 6 rings (SSSR count). The highest BCUT2D eigenvalue weighted by atomic mass is 16.2. The van der Waals surface area contributed by atoms with Gasteiger partial charge in [-0.15, -0.1) is 0 Å². The van der Waals surface area contributed by atoms with Crippen molar-refractivity contribution >= 4 is 46.4 Å². The summed E-state index contributed by atoms with van der Waals surface area (Å²) in [6.07, 6.45) is 0. The topological polar surface area (TPSA) is 81.2 Å². The zero-order chi connectivity index (χ0) is 37.0. The van der Waals surface area contributed by atoms with Gasteiger partial charge < -0.3 is 19.6 Å². The predicted molar refractivity (Wildman–Crippen MR) is 210 cm³/mol. The molecule has 0 saturated carbocycles. The Morgan fingerprint density at radius 2 is 0.519 bits per heavy atom. The van der Waals surface area contributed by atoms with Gasteiger partial charge in [0.25, 0.3) is 23.6 Å². The number of hydrogen-bond donors (Lipinski definition) is 0. The smallest absolute Gasteiger partial charge is 0.258 e. The average Bonchev–Trinajstić information content (AvgIpc) is 3.23. The summed E-state index contributed by atoms with van der Waals surface area (Å²) in [4.78, 5) is 57.1. The minimum Gasteiger partial charge on any atom is -0.311 e. The molecule has 0 aliphatic carbocycles. The Morgan fingerprint density at radius 1 is 0.288 bits per heavy atom. The second-order valence-electron chi connectivity index (χ2n) is 11.9. The van der Waals surface area contributed by atoms with Crippen LogP contribution in [0.25, 0.3) is 0 Å². The number of benzene rings is 6. The molecule has 0 heterocycles. The van der Waals surface area contributed by atoms with E-state index in [0.717, 1.165) is 11.4 Å². The lowest BCUT2D eigenvalue weighted by Crippen LogP contribution is -2.31. The highest BCUT2D eigenvalue weighted by Gasteiger charge is 2.21.